The summed E-state index contributed by atoms with van der Waals surface area (Å²) in [5, 5.41) is 16.7. The Morgan fingerprint density at radius 1 is 1.27 bits per heavy atom. The smallest absolute Gasteiger partial charge is 0.278 e. The SMILES string of the molecule is CNC(=O)c1ccnc(NC(=O)C2=C(O)c3sccc3S(=O)(=O)N2C)c1. The van der Waals surface area contributed by atoms with Crippen molar-refractivity contribution < 1.29 is 23.1 Å². The van der Waals surface area contributed by atoms with E-state index in [1.807, 2.05) is 0 Å². The highest BCUT2D eigenvalue weighted by molar-refractivity contribution is 7.89. The van der Waals surface area contributed by atoms with Crippen LogP contribution in [-0.4, -0.2) is 48.7 Å². The van der Waals surface area contributed by atoms with Crippen LogP contribution in [0.4, 0.5) is 5.82 Å². The average Bonchev–Trinajstić information content (AvgIpc) is 3.11. The van der Waals surface area contributed by atoms with Gasteiger partial charge in [0.05, 0.1) is 4.88 Å². The zero-order chi connectivity index (χ0) is 19.1. The van der Waals surface area contributed by atoms with Crippen molar-refractivity contribution in [2.24, 2.45) is 0 Å². The Balaban J connectivity index is 1.98. The van der Waals surface area contributed by atoms with Crippen molar-refractivity contribution >= 4 is 44.8 Å². The van der Waals surface area contributed by atoms with E-state index in [1.54, 1.807) is 0 Å². The first kappa shape index (κ1) is 17.9. The summed E-state index contributed by atoms with van der Waals surface area (Å²) in [6.45, 7) is 0. The van der Waals surface area contributed by atoms with Crippen LogP contribution in [-0.2, 0) is 14.8 Å². The number of nitrogens with zero attached hydrogens (tertiary/aromatic N) is 2. The molecule has 1 aliphatic heterocycles. The maximum Gasteiger partial charge on any atom is 0.278 e. The average molecular weight is 394 g/mol. The number of amides is 2. The molecule has 2 aromatic heterocycles. The van der Waals surface area contributed by atoms with Gasteiger partial charge in [-0.15, -0.1) is 11.3 Å². The minimum absolute atomic E-state index is 0.0409. The molecular formula is C15H14N4O5S2. The number of thiophene rings is 1. The van der Waals surface area contributed by atoms with Crippen molar-refractivity contribution in [2.75, 3.05) is 19.4 Å². The first-order valence-corrected chi connectivity index (χ1v) is 9.59. The number of hydrogen-bond donors (Lipinski definition) is 3. The van der Waals surface area contributed by atoms with Crippen LogP contribution >= 0.6 is 11.3 Å². The molecule has 9 nitrogen and oxygen atoms in total. The lowest BCUT2D eigenvalue weighted by molar-refractivity contribution is -0.113. The van der Waals surface area contributed by atoms with Crippen molar-refractivity contribution in [3.05, 3.63) is 45.9 Å². The summed E-state index contributed by atoms with van der Waals surface area (Å²) in [5.41, 5.74) is -0.159. The third-order valence-electron chi connectivity index (χ3n) is 3.73. The van der Waals surface area contributed by atoms with E-state index in [2.05, 4.69) is 15.6 Å². The van der Waals surface area contributed by atoms with Gasteiger partial charge in [0.25, 0.3) is 21.8 Å². The Bertz CT molecular complexity index is 1040. The Morgan fingerprint density at radius 2 is 2.00 bits per heavy atom. The van der Waals surface area contributed by atoms with Gasteiger partial charge in [-0.25, -0.2) is 13.4 Å². The molecule has 0 atom stereocenters. The Morgan fingerprint density at radius 3 is 2.69 bits per heavy atom. The molecule has 0 saturated carbocycles. The van der Waals surface area contributed by atoms with Gasteiger partial charge < -0.3 is 15.7 Å². The molecule has 26 heavy (non-hydrogen) atoms. The quantitative estimate of drug-likeness (QED) is 0.712. The number of likely N-dealkylation sites (N-methyl/N-ethyl adjacent to an activating group) is 1. The summed E-state index contributed by atoms with van der Waals surface area (Å²) in [4.78, 5) is 28.2. The largest absolute Gasteiger partial charge is 0.504 e. The second-order valence-electron chi connectivity index (χ2n) is 5.25. The number of anilines is 1. The van der Waals surface area contributed by atoms with E-state index >= 15 is 0 Å². The van der Waals surface area contributed by atoms with E-state index in [1.165, 1.54) is 43.9 Å². The lowest BCUT2D eigenvalue weighted by atomic mass is 10.2. The van der Waals surface area contributed by atoms with Gasteiger partial charge in [-0.05, 0) is 23.6 Å². The van der Waals surface area contributed by atoms with Gasteiger partial charge in [0.15, 0.2) is 11.5 Å². The van der Waals surface area contributed by atoms with E-state index < -0.39 is 27.4 Å². The molecule has 11 heteroatoms. The molecule has 0 aliphatic carbocycles. The van der Waals surface area contributed by atoms with Crippen molar-refractivity contribution in [2.45, 2.75) is 4.90 Å². The number of fused-ring (bicyclic) bond motifs is 1. The summed E-state index contributed by atoms with van der Waals surface area (Å²) in [7, 11) is -1.30. The van der Waals surface area contributed by atoms with Crippen LogP contribution in [0.3, 0.4) is 0 Å². The molecule has 3 N–H and O–H groups in total. The molecule has 0 radical (unpaired) electrons. The Hall–Kier alpha value is -2.92. The third kappa shape index (κ3) is 2.80. The van der Waals surface area contributed by atoms with E-state index in [0.717, 1.165) is 15.6 Å². The van der Waals surface area contributed by atoms with Crippen LogP contribution in [0.15, 0.2) is 40.4 Å². The number of sulfonamides is 1. The van der Waals surface area contributed by atoms with Crippen LogP contribution in [0.25, 0.3) is 5.76 Å². The Labute approximate surface area is 153 Å². The molecule has 3 rings (SSSR count). The molecular weight excluding hydrogens is 380 g/mol. The number of nitrogens with one attached hydrogen (secondary N) is 2. The maximum atomic E-state index is 12.6. The summed E-state index contributed by atoms with van der Waals surface area (Å²) in [5.74, 6) is -1.63. The fourth-order valence-corrected chi connectivity index (χ4v) is 4.96. The van der Waals surface area contributed by atoms with Gasteiger partial charge in [0.1, 0.15) is 10.7 Å². The van der Waals surface area contributed by atoms with Crippen LogP contribution in [0.2, 0.25) is 0 Å². The number of carbonyl (C=O) groups is 2. The molecule has 136 valence electrons. The second-order valence-corrected chi connectivity index (χ2v) is 8.10. The van der Waals surface area contributed by atoms with E-state index in [9.17, 15) is 23.1 Å². The molecule has 0 fully saturated rings. The molecule has 0 aromatic carbocycles. The first-order chi connectivity index (χ1) is 12.3. The minimum atomic E-state index is -3.94. The van der Waals surface area contributed by atoms with Crippen molar-refractivity contribution in [1.29, 1.82) is 0 Å². The summed E-state index contributed by atoms with van der Waals surface area (Å²) in [6, 6.07) is 4.16. The zero-order valence-corrected chi connectivity index (χ0v) is 15.3. The van der Waals surface area contributed by atoms with Gasteiger partial charge in [0, 0.05) is 25.9 Å². The predicted molar refractivity (Wildman–Crippen MR) is 95.1 cm³/mol. The van der Waals surface area contributed by atoms with E-state index in [-0.39, 0.29) is 27.1 Å². The van der Waals surface area contributed by atoms with Crippen LogP contribution in [0.5, 0.6) is 0 Å². The summed E-state index contributed by atoms with van der Waals surface area (Å²) >= 11 is 1.01. The maximum absolute atomic E-state index is 12.6. The highest BCUT2D eigenvalue weighted by Crippen LogP contribution is 2.38. The predicted octanol–water partition coefficient (Wildman–Crippen LogP) is 1.00. The van der Waals surface area contributed by atoms with Gasteiger partial charge in [-0.1, -0.05) is 0 Å². The molecule has 3 heterocycles. The van der Waals surface area contributed by atoms with Crippen LogP contribution in [0.1, 0.15) is 15.2 Å². The number of aromatic nitrogens is 1. The first-order valence-electron chi connectivity index (χ1n) is 7.27. The number of hydrogen-bond acceptors (Lipinski definition) is 7. The molecule has 0 spiro atoms. The fraction of sp³-hybridized carbons (Fsp3) is 0.133. The number of pyridine rings is 1. The fourth-order valence-electron chi connectivity index (χ4n) is 2.41. The normalized spacial score (nSPS) is 15.4. The molecule has 1 aliphatic rings. The van der Waals surface area contributed by atoms with Crippen molar-refractivity contribution in [3.8, 4) is 0 Å². The van der Waals surface area contributed by atoms with Gasteiger partial charge in [0.2, 0.25) is 0 Å². The molecule has 0 unspecified atom stereocenters. The van der Waals surface area contributed by atoms with Crippen molar-refractivity contribution in [3.63, 3.8) is 0 Å². The lowest BCUT2D eigenvalue weighted by Crippen LogP contribution is -2.36. The lowest BCUT2D eigenvalue weighted by Gasteiger charge is -2.26. The topological polar surface area (TPSA) is 129 Å². The van der Waals surface area contributed by atoms with E-state index in [4.69, 9.17) is 0 Å². The summed E-state index contributed by atoms with van der Waals surface area (Å²) < 4.78 is 25.7. The van der Waals surface area contributed by atoms with Gasteiger partial charge in [-0.2, -0.15) is 0 Å². The van der Waals surface area contributed by atoms with Crippen LogP contribution < -0.4 is 10.6 Å². The van der Waals surface area contributed by atoms with Crippen LogP contribution in [0, 0.1) is 0 Å². The third-order valence-corrected chi connectivity index (χ3v) is 6.58. The van der Waals surface area contributed by atoms with Crippen molar-refractivity contribution in [1.82, 2.24) is 14.6 Å². The molecule has 2 aromatic rings. The molecule has 0 bridgehead atoms. The van der Waals surface area contributed by atoms with E-state index in [0.29, 0.717) is 0 Å². The number of aliphatic hydroxyl groups excluding tert-OH is 1. The highest BCUT2D eigenvalue weighted by atomic mass is 32.2. The molecule has 2 amide bonds. The number of carbonyl (C=O) groups excluding carboxylic acids is 2. The number of aliphatic hydroxyl groups is 1. The molecule has 0 saturated heterocycles. The van der Waals surface area contributed by atoms with Gasteiger partial charge >= 0.3 is 0 Å². The second kappa shape index (κ2) is 6.42. The monoisotopic (exact) mass is 394 g/mol. The van der Waals surface area contributed by atoms with Gasteiger partial charge in [-0.3, -0.25) is 13.9 Å². The summed E-state index contributed by atoms with van der Waals surface area (Å²) in [6.07, 6.45) is 1.33. The number of rotatable bonds is 3. The standard InChI is InChI=1S/C15H14N4O5S2/c1-16-14(21)8-3-5-17-10(7-8)18-15(22)11-12(20)13-9(4-6-25-13)26(23,24)19(11)2/h3-7,20H,1-2H3,(H,16,21)(H,17,18,22). The zero-order valence-electron chi connectivity index (χ0n) is 13.7. The Kier molecular flexibility index (Phi) is 4.42. The highest BCUT2D eigenvalue weighted by Gasteiger charge is 2.38. The minimum Gasteiger partial charge on any atom is -0.504 e.